The van der Waals surface area contributed by atoms with E-state index in [9.17, 15) is 4.79 Å². The van der Waals surface area contributed by atoms with Crippen LogP contribution in [-0.2, 0) is 4.79 Å². The molecule has 4 aromatic rings. The van der Waals surface area contributed by atoms with Gasteiger partial charge in [-0.05, 0) is 58.3 Å². The molecular weight excluding hydrogens is 428 g/mol. The number of hydrogen-bond acceptors (Lipinski definition) is 3. The summed E-state index contributed by atoms with van der Waals surface area (Å²) in [5, 5.41) is 8.62. The molecule has 4 rings (SSSR count). The van der Waals surface area contributed by atoms with Crippen molar-refractivity contribution in [2.75, 3.05) is 6.61 Å². The van der Waals surface area contributed by atoms with Gasteiger partial charge in [0.25, 0.3) is 5.91 Å². The van der Waals surface area contributed by atoms with Crippen LogP contribution in [0.3, 0.4) is 0 Å². The molecular formula is C24H19BrN2O2. The van der Waals surface area contributed by atoms with E-state index >= 15 is 0 Å². The normalized spacial score (nSPS) is 11.2. The smallest absolute Gasteiger partial charge is 0.277 e. The second-order valence-corrected chi connectivity index (χ2v) is 7.58. The van der Waals surface area contributed by atoms with Gasteiger partial charge in [-0.2, -0.15) is 5.10 Å². The summed E-state index contributed by atoms with van der Waals surface area (Å²) in [5.74, 6) is 0.330. The largest absolute Gasteiger partial charge is 0.484 e. The molecule has 0 atom stereocenters. The molecule has 29 heavy (non-hydrogen) atoms. The van der Waals surface area contributed by atoms with Gasteiger partial charge in [-0.1, -0.05) is 64.5 Å². The molecule has 144 valence electrons. The Bertz CT molecular complexity index is 1180. The Labute approximate surface area is 177 Å². The Morgan fingerprint density at radius 2 is 1.66 bits per heavy atom. The Morgan fingerprint density at radius 1 is 1.00 bits per heavy atom. The van der Waals surface area contributed by atoms with E-state index in [-0.39, 0.29) is 12.5 Å². The molecule has 0 radical (unpaired) electrons. The maximum Gasteiger partial charge on any atom is 0.277 e. The zero-order chi connectivity index (χ0) is 20.2. The summed E-state index contributed by atoms with van der Waals surface area (Å²) in [7, 11) is 0. The van der Waals surface area contributed by atoms with Crippen LogP contribution in [0.1, 0.15) is 11.1 Å². The highest BCUT2D eigenvalue weighted by molar-refractivity contribution is 9.10. The topological polar surface area (TPSA) is 50.7 Å². The minimum atomic E-state index is -0.314. The summed E-state index contributed by atoms with van der Waals surface area (Å²) in [4.78, 5) is 12.1. The fourth-order valence-corrected chi connectivity index (χ4v) is 3.49. The molecule has 0 unspecified atom stereocenters. The number of hydrazone groups is 1. The number of nitrogens with zero attached hydrogens (tertiary/aromatic N) is 1. The predicted molar refractivity (Wildman–Crippen MR) is 122 cm³/mol. The van der Waals surface area contributed by atoms with Gasteiger partial charge in [-0.3, -0.25) is 4.79 Å². The molecule has 1 N–H and O–H groups in total. The summed E-state index contributed by atoms with van der Waals surface area (Å²) < 4.78 is 6.54. The summed E-state index contributed by atoms with van der Waals surface area (Å²) in [6, 6.07) is 24.1. The number of rotatable bonds is 5. The van der Waals surface area contributed by atoms with E-state index in [1.54, 1.807) is 6.21 Å². The summed E-state index contributed by atoms with van der Waals surface area (Å²) >= 11 is 3.45. The van der Waals surface area contributed by atoms with Gasteiger partial charge in [-0.25, -0.2) is 5.43 Å². The summed E-state index contributed by atoms with van der Waals surface area (Å²) in [5.41, 5.74) is 4.57. The van der Waals surface area contributed by atoms with Gasteiger partial charge in [0.15, 0.2) is 6.61 Å². The lowest BCUT2D eigenvalue weighted by molar-refractivity contribution is -0.123. The number of amides is 1. The third kappa shape index (κ3) is 4.30. The van der Waals surface area contributed by atoms with Crippen LogP contribution < -0.4 is 10.2 Å². The number of hydrogen-bond donors (Lipinski definition) is 1. The highest BCUT2D eigenvalue weighted by Gasteiger charge is 2.06. The van der Waals surface area contributed by atoms with Gasteiger partial charge in [0, 0.05) is 10.0 Å². The van der Waals surface area contributed by atoms with Gasteiger partial charge in [0.05, 0.1) is 6.21 Å². The highest BCUT2D eigenvalue weighted by atomic mass is 79.9. The first-order valence-electron chi connectivity index (χ1n) is 9.23. The molecule has 0 saturated heterocycles. The molecule has 1 amide bonds. The molecule has 5 heteroatoms. The lowest BCUT2D eigenvalue weighted by Crippen LogP contribution is -2.24. The second-order valence-electron chi connectivity index (χ2n) is 6.73. The van der Waals surface area contributed by atoms with E-state index < -0.39 is 0 Å². The predicted octanol–water partition coefficient (Wildman–Crippen LogP) is 5.59. The van der Waals surface area contributed by atoms with Crippen molar-refractivity contribution in [3.63, 3.8) is 0 Å². The average molecular weight is 447 g/mol. The van der Waals surface area contributed by atoms with Crippen LogP contribution in [0.4, 0.5) is 0 Å². The number of carbonyl (C=O) groups excluding carboxylic acids is 1. The van der Waals surface area contributed by atoms with Crippen molar-refractivity contribution in [3.05, 3.63) is 88.4 Å². The molecule has 0 spiro atoms. The van der Waals surface area contributed by atoms with Crippen LogP contribution in [-0.4, -0.2) is 18.7 Å². The van der Waals surface area contributed by atoms with Gasteiger partial charge in [0.1, 0.15) is 5.75 Å². The van der Waals surface area contributed by atoms with Crippen LogP contribution in [0.5, 0.6) is 5.75 Å². The van der Waals surface area contributed by atoms with Gasteiger partial charge in [0.2, 0.25) is 0 Å². The maximum atomic E-state index is 12.1. The Morgan fingerprint density at radius 3 is 2.31 bits per heavy atom. The molecule has 0 aromatic heterocycles. The average Bonchev–Trinajstić information content (AvgIpc) is 2.74. The summed E-state index contributed by atoms with van der Waals surface area (Å²) in [6.07, 6.45) is 1.70. The zero-order valence-electron chi connectivity index (χ0n) is 15.9. The number of nitrogens with one attached hydrogen (secondary N) is 1. The SMILES string of the molecule is Cc1cc(OCC(=O)N/N=C\c2c3ccccc3cc3ccccc23)ccc1Br. The lowest BCUT2D eigenvalue weighted by Gasteiger charge is -2.08. The first kappa shape index (κ1) is 19.2. The van der Waals surface area contributed by atoms with Crippen LogP contribution in [0.25, 0.3) is 21.5 Å². The minimum absolute atomic E-state index is 0.102. The highest BCUT2D eigenvalue weighted by Crippen LogP contribution is 2.27. The fraction of sp³-hybridized carbons (Fsp3) is 0.0833. The number of carbonyl (C=O) groups is 1. The Hall–Kier alpha value is -3.18. The molecule has 0 fully saturated rings. The number of fused-ring (bicyclic) bond motifs is 2. The minimum Gasteiger partial charge on any atom is -0.484 e. The standard InChI is InChI=1S/C24H19BrN2O2/c1-16-12-19(10-11-23(16)25)29-15-24(28)27-26-14-22-20-8-4-2-6-17(20)13-18-7-3-5-9-21(18)22/h2-14H,15H2,1H3,(H,27,28)/b26-14-. The molecule has 0 heterocycles. The van der Waals surface area contributed by atoms with Crippen molar-refractivity contribution < 1.29 is 9.53 Å². The maximum absolute atomic E-state index is 12.1. The van der Waals surface area contributed by atoms with E-state index in [0.717, 1.165) is 37.1 Å². The molecule has 0 aliphatic carbocycles. The van der Waals surface area contributed by atoms with Crippen molar-refractivity contribution in [3.8, 4) is 5.75 Å². The van der Waals surface area contributed by atoms with Gasteiger partial charge in [-0.15, -0.1) is 0 Å². The number of halogens is 1. The van der Waals surface area contributed by atoms with E-state index in [1.807, 2.05) is 49.4 Å². The molecule has 4 aromatic carbocycles. The zero-order valence-corrected chi connectivity index (χ0v) is 17.4. The Balaban J connectivity index is 1.50. The van der Waals surface area contributed by atoms with E-state index in [0.29, 0.717) is 5.75 Å². The van der Waals surface area contributed by atoms with Crippen molar-refractivity contribution in [2.45, 2.75) is 6.92 Å². The van der Waals surface area contributed by atoms with Gasteiger partial charge >= 0.3 is 0 Å². The lowest BCUT2D eigenvalue weighted by atomic mass is 9.97. The van der Waals surface area contributed by atoms with Crippen molar-refractivity contribution in [1.82, 2.24) is 5.43 Å². The van der Waals surface area contributed by atoms with Crippen molar-refractivity contribution in [1.29, 1.82) is 0 Å². The molecule has 0 aliphatic rings. The number of aryl methyl sites for hydroxylation is 1. The van der Waals surface area contributed by atoms with E-state index in [1.165, 1.54) is 0 Å². The first-order chi connectivity index (χ1) is 14.1. The van der Waals surface area contributed by atoms with E-state index in [4.69, 9.17) is 4.74 Å². The van der Waals surface area contributed by atoms with Gasteiger partial charge < -0.3 is 4.74 Å². The second kappa shape index (κ2) is 8.45. The van der Waals surface area contributed by atoms with Crippen LogP contribution in [0, 0.1) is 6.92 Å². The third-order valence-electron chi connectivity index (χ3n) is 4.70. The monoisotopic (exact) mass is 446 g/mol. The van der Waals surface area contributed by atoms with Crippen molar-refractivity contribution >= 4 is 49.6 Å². The molecule has 0 bridgehead atoms. The molecule has 0 aliphatic heterocycles. The van der Waals surface area contributed by atoms with Crippen LogP contribution in [0.15, 0.2) is 82.4 Å². The fourth-order valence-electron chi connectivity index (χ4n) is 3.24. The third-order valence-corrected chi connectivity index (χ3v) is 5.58. The molecule has 4 nitrogen and oxygen atoms in total. The number of ether oxygens (including phenoxy) is 1. The van der Waals surface area contributed by atoms with Crippen LogP contribution in [0.2, 0.25) is 0 Å². The number of benzene rings is 4. The van der Waals surface area contributed by atoms with E-state index in [2.05, 4.69) is 56.8 Å². The van der Waals surface area contributed by atoms with Crippen LogP contribution >= 0.6 is 15.9 Å². The first-order valence-corrected chi connectivity index (χ1v) is 10.0. The molecule has 0 saturated carbocycles. The summed E-state index contributed by atoms with van der Waals surface area (Å²) in [6.45, 7) is 1.87. The quantitative estimate of drug-likeness (QED) is 0.246. The van der Waals surface area contributed by atoms with Crippen molar-refractivity contribution in [2.24, 2.45) is 5.10 Å². The Kier molecular flexibility index (Phi) is 5.58.